The summed E-state index contributed by atoms with van der Waals surface area (Å²) in [6, 6.07) is 11.5. The number of hydrogen-bond acceptors (Lipinski definition) is 1. The molecule has 3 rings (SSSR count). The fourth-order valence-corrected chi connectivity index (χ4v) is 3.28. The smallest absolute Gasteiger partial charge is 0.173 e. The molecule has 2 aromatic carbocycles. The highest BCUT2D eigenvalue weighted by atomic mass is 32.1. The molecule has 0 saturated heterocycles. The van der Waals surface area contributed by atoms with Crippen LogP contribution in [0.2, 0.25) is 0 Å². The van der Waals surface area contributed by atoms with E-state index in [-0.39, 0.29) is 6.04 Å². The molecule has 0 aliphatic heterocycles. The number of H-pyrrole nitrogens is 1. The molecular formula is C20H21F2N3S. The Morgan fingerprint density at radius 2 is 1.88 bits per heavy atom. The minimum atomic E-state index is -0.637. The Morgan fingerprint density at radius 1 is 1.19 bits per heavy atom. The maximum absolute atomic E-state index is 13.4. The van der Waals surface area contributed by atoms with E-state index in [1.165, 1.54) is 12.1 Å². The van der Waals surface area contributed by atoms with Gasteiger partial charge in [-0.15, -0.1) is 0 Å². The lowest BCUT2D eigenvalue weighted by Crippen LogP contribution is -2.40. The van der Waals surface area contributed by atoms with Gasteiger partial charge < -0.3 is 15.2 Å². The van der Waals surface area contributed by atoms with Crippen LogP contribution in [0.25, 0.3) is 10.9 Å². The van der Waals surface area contributed by atoms with Crippen molar-refractivity contribution >= 4 is 33.9 Å². The largest absolute Gasteiger partial charge is 0.361 e. The normalized spacial score (nSPS) is 12.2. The van der Waals surface area contributed by atoms with Crippen LogP contribution in [-0.4, -0.2) is 21.0 Å². The van der Waals surface area contributed by atoms with Crippen LogP contribution in [0.4, 0.5) is 14.5 Å². The molecule has 0 spiro atoms. The van der Waals surface area contributed by atoms with Crippen molar-refractivity contribution in [1.82, 2.24) is 9.88 Å². The van der Waals surface area contributed by atoms with Crippen molar-refractivity contribution in [2.24, 2.45) is 0 Å². The summed E-state index contributed by atoms with van der Waals surface area (Å²) in [5.41, 5.74) is 2.49. The lowest BCUT2D eigenvalue weighted by atomic mass is 10.1. The molecule has 1 aromatic heterocycles. The topological polar surface area (TPSA) is 31.1 Å². The number of nitrogens with zero attached hydrogens (tertiary/aromatic N) is 1. The molecule has 3 nitrogen and oxygen atoms in total. The third-order valence-electron chi connectivity index (χ3n) is 4.51. The van der Waals surface area contributed by atoms with Crippen molar-refractivity contribution in [2.75, 3.05) is 5.32 Å². The Labute approximate surface area is 157 Å². The van der Waals surface area contributed by atoms with E-state index in [9.17, 15) is 8.78 Å². The van der Waals surface area contributed by atoms with E-state index in [1.807, 2.05) is 29.3 Å². The molecule has 136 valence electrons. The van der Waals surface area contributed by atoms with Crippen LogP contribution < -0.4 is 5.32 Å². The minimum absolute atomic E-state index is 0.169. The third-order valence-corrected chi connectivity index (χ3v) is 4.85. The average molecular weight is 373 g/mol. The minimum Gasteiger partial charge on any atom is -0.361 e. The first kappa shape index (κ1) is 18.3. The van der Waals surface area contributed by atoms with Gasteiger partial charge in [0.05, 0.1) is 0 Å². The molecule has 1 unspecified atom stereocenters. The number of thiocarbonyl (C=S) groups is 1. The lowest BCUT2D eigenvalue weighted by Gasteiger charge is -2.31. The Morgan fingerprint density at radius 3 is 2.58 bits per heavy atom. The molecule has 0 aliphatic carbocycles. The number of fused-ring (bicyclic) bond motifs is 1. The maximum Gasteiger partial charge on any atom is 0.173 e. The first-order chi connectivity index (χ1) is 12.5. The molecule has 26 heavy (non-hydrogen) atoms. The number of nitrogens with one attached hydrogen (secondary N) is 2. The van der Waals surface area contributed by atoms with Gasteiger partial charge in [-0.3, -0.25) is 0 Å². The predicted octanol–water partition coefficient (Wildman–Crippen LogP) is 5.44. The van der Waals surface area contributed by atoms with Crippen LogP contribution in [0.3, 0.4) is 0 Å². The van der Waals surface area contributed by atoms with E-state index in [0.29, 0.717) is 17.3 Å². The number of benzene rings is 2. The predicted molar refractivity (Wildman–Crippen MR) is 106 cm³/mol. The van der Waals surface area contributed by atoms with Gasteiger partial charge in [0.2, 0.25) is 0 Å². The second-order valence-corrected chi connectivity index (χ2v) is 6.72. The molecule has 2 N–H and O–H groups in total. The van der Waals surface area contributed by atoms with Gasteiger partial charge in [-0.2, -0.15) is 0 Å². The van der Waals surface area contributed by atoms with Gasteiger partial charge in [0, 0.05) is 41.4 Å². The van der Waals surface area contributed by atoms with Crippen LogP contribution in [0.5, 0.6) is 0 Å². The Kier molecular flexibility index (Phi) is 5.52. The third kappa shape index (κ3) is 4.02. The summed E-state index contributed by atoms with van der Waals surface area (Å²) in [5.74, 6) is -1.27. The van der Waals surface area contributed by atoms with E-state index in [4.69, 9.17) is 12.2 Å². The number of aromatic amines is 1. The van der Waals surface area contributed by atoms with Crippen molar-refractivity contribution < 1.29 is 8.78 Å². The molecule has 0 aliphatic rings. The van der Waals surface area contributed by atoms with Crippen LogP contribution in [-0.2, 0) is 6.54 Å². The van der Waals surface area contributed by atoms with Gasteiger partial charge in [0.1, 0.15) is 11.6 Å². The Bertz CT molecular complexity index is 902. The summed E-state index contributed by atoms with van der Waals surface area (Å²) >= 11 is 5.54. The van der Waals surface area contributed by atoms with Gasteiger partial charge in [-0.05, 0) is 49.3 Å². The van der Waals surface area contributed by atoms with Crippen molar-refractivity contribution in [3.63, 3.8) is 0 Å². The first-order valence-corrected chi connectivity index (χ1v) is 8.97. The molecule has 0 saturated carbocycles. The van der Waals surface area contributed by atoms with Crippen LogP contribution in [0.15, 0.2) is 48.7 Å². The molecule has 0 radical (unpaired) electrons. The summed E-state index contributed by atoms with van der Waals surface area (Å²) in [6.45, 7) is 4.76. The molecule has 3 aromatic rings. The zero-order chi connectivity index (χ0) is 18.7. The van der Waals surface area contributed by atoms with Gasteiger partial charge in [0.15, 0.2) is 5.11 Å². The quantitative estimate of drug-likeness (QED) is 0.584. The highest BCUT2D eigenvalue weighted by Gasteiger charge is 2.18. The molecule has 0 bridgehead atoms. The average Bonchev–Trinajstić information content (AvgIpc) is 3.01. The number of para-hydroxylation sites is 1. The second-order valence-electron chi connectivity index (χ2n) is 6.33. The van der Waals surface area contributed by atoms with E-state index in [1.54, 1.807) is 0 Å². The summed E-state index contributed by atoms with van der Waals surface area (Å²) in [4.78, 5) is 5.30. The van der Waals surface area contributed by atoms with E-state index < -0.39 is 11.6 Å². The van der Waals surface area contributed by atoms with Crippen molar-refractivity contribution in [1.29, 1.82) is 0 Å². The molecule has 0 amide bonds. The monoisotopic (exact) mass is 373 g/mol. The molecule has 1 atom stereocenters. The number of hydrogen-bond donors (Lipinski definition) is 2. The van der Waals surface area contributed by atoms with Crippen LogP contribution in [0, 0.1) is 11.6 Å². The van der Waals surface area contributed by atoms with Gasteiger partial charge in [-0.1, -0.05) is 25.1 Å². The van der Waals surface area contributed by atoms with Crippen LogP contribution >= 0.6 is 12.2 Å². The maximum atomic E-state index is 13.4. The Balaban J connectivity index is 1.84. The SMILES string of the molecule is CCC(C)N(Cc1c[nH]c2ccccc12)C(=S)Nc1cc(F)cc(F)c1. The van der Waals surface area contributed by atoms with Crippen molar-refractivity contribution in [3.05, 3.63) is 65.9 Å². The zero-order valence-corrected chi connectivity index (χ0v) is 15.5. The number of halogens is 2. The number of aromatic nitrogens is 1. The highest BCUT2D eigenvalue weighted by molar-refractivity contribution is 7.80. The summed E-state index contributed by atoms with van der Waals surface area (Å²) < 4.78 is 26.9. The fraction of sp³-hybridized carbons (Fsp3) is 0.250. The van der Waals surface area contributed by atoms with Gasteiger partial charge in [0.25, 0.3) is 0 Å². The van der Waals surface area contributed by atoms with Crippen LogP contribution in [0.1, 0.15) is 25.8 Å². The van der Waals surface area contributed by atoms with E-state index >= 15 is 0 Å². The molecule has 6 heteroatoms. The molecule has 1 heterocycles. The summed E-state index contributed by atoms with van der Waals surface area (Å²) in [6.07, 6.45) is 2.87. The van der Waals surface area contributed by atoms with Crippen molar-refractivity contribution in [3.8, 4) is 0 Å². The van der Waals surface area contributed by atoms with Gasteiger partial charge >= 0.3 is 0 Å². The van der Waals surface area contributed by atoms with Gasteiger partial charge in [-0.25, -0.2) is 8.78 Å². The van der Waals surface area contributed by atoms with E-state index in [0.717, 1.165) is 29.0 Å². The summed E-state index contributed by atoms with van der Waals surface area (Å²) in [7, 11) is 0. The van der Waals surface area contributed by atoms with Crippen molar-refractivity contribution in [2.45, 2.75) is 32.9 Å². The molecule has 0 fully saturated rings. The van der Waals surface area contributed by atoms with E-state index in [2.05, 4.69) is 30.2 Å². The lowest BCUT2D eigenvalue weighted by molar-refractivity contribution is 0.321. The standard InChI is InChI=1S/C20H21F2N3S/c1-3-13(2)25(12-14-11-23-19-7-5-4-6-18(14)19)20(26)24-17-9-15(21)8-16(22)10-17/h4-11,13,23H,3,12H2,1-2H3,(H,24,26). The highest BCUT2D eigenvalue weighted by Crippen LogP contribution is 2.22. The first-order valence-electron chi connectivity index (χ1n) is 8.56. The molecular weight excluding hydrogens is 352 g/mol. The fourth-order valence-electron chi connectivity index (χ4n) is 2.92. The number of rotatable bonds is 5. The zero-order valence-electron chi connectivity index (χ0n) is 14.7. The Hall–Kier alpha value is -2.47. The summed E-state index contributed by atoms with van der Waals surface area (Å²) in [5, 5.41) is 4.55. The second kappa shape index (κ2) is 7.83. The number of anilines is 1.